The summed E-state index contributed by atoms with van der Waals surface area (Å²) in [5.74, 6) is -20.2. The molecule has 5 heterocycles. The number of aliphatic hydroxyl groups is 2. The van der Waals surface area contributed by atoms with Gasteiger partial charge in [-0.15, -0.1) is 23.1 Å². The Morgan fingerprint density at radius 3 is 1.66 bits per heavy atom. The molecule has 0 aliphatic carbocycles. The van der Waals surface area contributed by atoms with Crippen molar-refractivity contribution in [3.05, 3.63) is 101 Å². The van der Waals surface area contributed by atoms with E-state index >= 15 is 28.8 Å². The second-order valence-electron chi connectivity index (χ2n) is 33.1. The van der Waals surface area contributed by atoms with E-state index in [9.17, 15) is 72.9 Å². The zero-order valence-corrected chi connectivity index (χ0v) is 74.8. The Labute approximate surface area is 749 Å². The quantitative estimate of drug-likeness (QED) is 0.0356. The Kier molecular flexibility index (Phi) is 38.1. The first-order valence-electron chi connectivity index (χ1n) is 42.9. The first kappa shape index (κ1) is 101. The molecule has 0 saturated carbocycles. The monoisotopic (exact) mass is 1820 g/mol. The van der Waals surface area contributed by atoms with Crippen molar-refractivity contribution in [3.8, 4) is 5.75 Å². The highest BCUT2D eigenvalue weighted by atomic mass is 32.2. The largest absolute Gasteiger partial charge is 0.508 e. The lowest BCUT2D eigenvalue weighted by Crippen LogP contribution is -2.61. The van der Waals surface area contributed by atoms with Crippen LogP contribution in [0.5, 0.6) is 5.75 Å². The number of hydrogen-bond acceptors (Lipinski definition) is 23. The number of nitrogens with zero attached hydrogens (tertiary/aromatic N) is 5. The highest BCUT2D eigenvalue weighted by Crippen LogP contribution is 2.30. The molecule has 0 spiro atoms. The number of aromatic amines is 1. The maximum absolute atomic E-state index is 15.6. The third kappa shape index (κ3) is 27.7. The lowest BCUT2D eigenvalue weighted by Gasteiger charge is -2.36. The van der Waals surface area contributed by atoms with Gasteiger partial charge in [0, 0.05) is 87.5 Å². The number of fused-ring (bicyclic) bond motifs is 4. The summed E-state index contributed by atoms with van der Waals surface area (Å²) in [5.41, 5.74) is 18.9. The number of rotatable bonds is 23. The van der Waals surface area contributed by atoms with Gasteiger partial charge < -0.3 is 110 Å². The van der Waals surface area contributed by atoms with E-state index in [4.69, 9.17) is 17.2 Å². The number of benzene rings is 3. The molecule has 5 aromatic rings. The number of primary amides is 3. The number of likely N-dealkylation sites (N-methyl/N-ethyl adjacent to an activating group) is 3. The number of carbonyl (C=O) groups is 18. The lowest BCUT2D eigenvalue weighted by atomic mass is 9.93. The molecule has 19 N–H and O–H groups in total. The number of thiophene rings is 1. The number of aromatic nitrogens is 1. The Bertz CT molecular complexity index is 4850. The van der Waals surface area contributed by atoms with E-state index in [-0.39, 0.29) is 89.0 Å². The van der Waals surface area contributed by atoms with E-state index in [1.54, 1.807) is 55.8 Å². The van der Waals surface area contributed by atoms with Gasteiger partial charge in [-0.05, 0) is 110 Å². The van der Waals surface area contributed by atoms with E-state index in [0.29, 0.717) is 53.3 Å². The molecule has 39 nitrogen and oxygen atoms in total. The van der Waals surface area contributed by atoms with Crippen LogP contribution in [0.3, 0.4) is 0 Å². The number of amides is 17. The number of hydrogen-bond donors (Lipinski definition) is 16. The van der Waals surface area contributed by atoms with Crippen LogP contribution >= 0.6 is 23.1 Å². The molecule has 3 aliphatic heterocycles. The van der Waals surface area contributed by atoms with Gasteiger partial charge >= 0.3 is 0 Å². The van der Waals surface area contributed by atoms with Gasteiger partial charge in [0.05, 0.1) is 50.3 Å². The number of phenolic OH excluding ortho intramolecular Hbond substituents is 1. The average Bonchev–Trinajstić information content (AvgIpc) is 1.31. The fraction of sp³-hybridized carbons (Fsp3) is 0.540. The van der Waals surface area contributed by atoms with Crippen molar-refractivity contribution in [2.45, 2.75) is 222 Å². The molecule has 17 amide bonds. The fourth-order valence-electron chi connectivity index (χ4n) is 15.9. The minimum atomic E-state index is -1.85. The number of aliphatic hydroxyl groups excluding tert-OH is 2. The number of nitrogens with two attached hydrogens (primary N) is 3. The van der Waals surface area contributed by atoms with Crippen molar-refractivity contribution in [1.29, 1.82) is 0 Å². The summed E-state index contributed by atoms with van der Waals surface area (Å²) in [5, 5.41) is 58.6. The number of aromatic hydroxyl groups is 1. The molecule has 696 valence electrons. The maximum Gasteiger partial charge on any atom is 0.246 e. The summed E-state index contributed by atoms with van der Waals surface area (Å²) in [6.45, 7) is 5.42. The standard InChI is InChI=1S/C87H120N18O21S2/c1-9-11-22-65-69(109)37-51(42-106)76(115)100-64(77(116)92-41-73(90)112)45-127-46-74(113)93-60(34-49-27-29-53(108)30-28-49)83(122)101(6)48(5)75(114)96-62(39-72(89)111)86(125)105-32-18-25-67(105)82(121)95-58(38-71(88)110)79(118)97-59(33-47(3)4)85(124)104-31-17-24-66(104)81(120)94-57(35-50-40-91-56-21-15-13-19-54(50)56)78(117)99-63(43-107)80(119)98-61(36-52-44-128-70-26-16-14-20-55(52)70)84(123)103(8)68(23-12-10-2)87(126)102(65)7/h13-16,19-21,26-30,40,44,47-48,51,57-68,91,106-108H,9-12,17-18,22-25,31-39,41-43,45-46H2,1-8H3,(H2,88,110)(H2,89,111)(H2,90,112)(H,92,116)(H,93,113)(H,94,120)(H,95,121)(H,96,114)(H,97,118)(H,98,119)(H,99,117)(H,100,115)/t48-,51-,57-,58-,59?,60-,61-,62-,63-,64?,65-,66-,67-,68-/m0/s1. The highest BCUT2D eigenvalue weighted by Gasteiger charge is 2.46. The van der Waals surface area contributed by atoms with Crippen LogP contribution in [0.1, 0.15) is 141 Å². The Balaban J connectivity index is 1.17. The number of H-pyrrole nitrogens is 1. The van der Waals surface area contributed by atoms with E-state index in [1.165, 1.54) is 68.6 Å². The van der Waals surface area contributed by atoms with E-state index in [2.05, 4.69) is 52.8 Å². The van der Waals surface area contributed by atoms with Crippen molar-refractivity contribution in [1.82, 2.24) is 77.3 Å². The second kappa shape index (κ2) is 48.2. The molecule has 2 aromatic heterocycles. The van der Waals surface area contributed by atoms with E-state index < -0.39 is 241 Å². The van der Waals surface area contributed by atoms with E-state index in [0.717, 1.165) is 41.4 Å². The number of para-hydroxylation sites is 1. The van der Waals surface area contributed by atoms with Crippen molar-refractivity contribution in [3.63, 3.8) is 0 Å². The number of unbranched alkanes of at least 4 members (excludes halogenated alkanes) is 2. The number of nitrogens with one attached hydrogen (secondary N) is 10. The molecule has 3 aliphatic rings. The molecular weight excluding hydrogens is 1700 g/mol. The summed E-state index contributed by atoms with van der Waals surface area (Å²) in [6, 6.07) is -0.270. The number of phenols is 1. The minimum absolute atomic E-state index is 0.0151. The second-order valence-corrected chi connectivity index (χ2v) is 35.0. The summed E-state index contributed by atoms with van der Waals surface area (Å²) in [7, 11) is 3.90. The lowest BCUT2D eigenvalue weighted by molar-refractivity contribution is -0.149. The predicted molar refractivity (Wildman–Crippen MR) is 473 cm³/mol. The van der Waals surface area contributed by atoms with Gasteiger partial charge in [-0.25, -0.2) is 0 Å². The third-order valence-electron chi connectivity index (χ3n) is 23.1. The summed E-state index contributed by atoms with van der Waals surface area (Å²) in [6.07, 6.45) is 0.470. The smallest absolute Gasteiger partial charge is 0.246 e. The molecule has 8 rings (SSSR count). The molecule has 128 heavy (non-hydrogen) atoms. The van der Waals surface area contributed by atoms with Crippen LogP contribution in [0.2, 0.25) is 0 Å². The number of thioether (sulfide) groups is 1. The van der Waals surface area contributed by atoms with Crippen LogP contribution < -0.4 is 65.1 Å². The van der Waals surface area contributed by atoms with Crippen LogP contribution in [0.4, 0.5) is 0 Å². The van der Waals surface area contributed by atoms with E-state index in [1.807, 2.05) is 32.0 Å². The zero-order valence-electron chi connectivity index (χ0n) is 73.2. The van der Waals surface area contributed by atoms with Gasteiger partial charge in [-0.3, -0.25) is 86.3 Å². The average molecular weight is 1820 g/mol. The van der Waals surface area contributed by atoms with Crippen LogP contribution in [0, 0.1) is 11.8 Å². The Morgan fingerprint density at radius 2 is 1.05 bits per heavy atom. The Hall–Kier alpha value is -12.1. The number of Topliss-reactive ketones (excluding diaryl/α,β-unsaturated/α-hetero) is 1. The van der Waals surface area contributed by atoms with Crippen LogP contribution in [0.15, 0.2) is 84.4 Å². The van der Waals surface area contributed by atoms with Gasteiger partial charge in [0.15, 0.2) is 5.78 Å². The molecule has 3 saturated heterocycles. The van der Waals surface area contributed by atoms with Crippen molar-refractivity contribution in [2.75, 3.05) is 65.5 Å². The first-order chi connectivity index (χ1) is 60.9. The number of carbonyl (C=O) groups excluding carboxylic acids is 18. The molecule has 2 unspecified atom stereocenters. The molecule has 3 fully saturated rings. The third-order valence-corrected chi connectivity index (χ3v) is 25.1. The maximum atomic E-state index is 15.6. The van der Waals surface area contributed by atoms with Crippen LogP contribution in [-0.2, 0) is 106 Å². The summed E-state index contributed by atoms with van der Waals surface area (Å²) in [4.78, 5) is 268. The van der Waals surface area contributed by atoms with Crippen molar-refractivity contribution < 1.29 is 102 Å². The minimum Gasteiger partial charge on any atom is -0.508 e. The molecule has 3 aromatic carbocycles. The Morgan fingerprint density at radius 1 is 0.531 bits per heavy atom. The van der Waals surface area contributed by atoms with Crippen molar-refractivity contribution >= 4 is 150 Å². The van der Waals surface area contributed by atoms with Gasteiger partial charge in [0.2, 0.25) is 100 Å². The topological polar surface area (TPSA) is 586 Å². The van der Waals surface area contributed by atoms with Gasteiger partial charge in [-0.1, -0.05) is 102 Å². The van der Waals surface area contributed by atoms with Gasteiger partial charge in [-0.2, -0.15) is 0 Å². The number of ketones is 1. The SMILES string of the molecule is CCCC[C@H]1C(=O)N(C)[C@@H](CCCC)C(=O)C[C@@H](CO)C(=O)NC(C(=O)NCC(N)=O)CSCC(=O)N[C@@H](Cc2ccc(O)cc2)C(=O)N(C)[C@@H](C)C(=O)N[C@@H](CC(N)=O)C(=O)N2CCC[C@H]2C(=O)N[C@@H](CC(N)=O)C(=O)NC(CC(C)C)C(=O)N2CCC[C@H]2C(=O)N[C@@H](Cc2c[nH]c3ccccc23)C(=O)N[C@@H](CO)C(=O)N[C@@H](Cc2csc3ccccc23)C(=O)N1C. The predicted octanol–water partition coefficient (Wildman–Crippen LogP) is -1.44. The summed E-state index contributed by atoms with van der Waals surface area (Å²) < 4.78 is 0.821. The fourth-order valence-corrected chi connectivity index (χ4v) is 17.7. The highest BCUT2D eigenvalue weighted by molar-refractivity contribution is 8.00. The van der Waals surface area contributed by atoms with Gasteiger partial charge in [0.1, 0.15) is 78.3 Å². The summed E-state index contributed by atoms with van der Waals surface area (Å²) >= 11 is 2.10. The normalized spacial score (nSPS) is 25.0. The molecule has 0 bridgehead atoms. The zero-order chi connectivity index (χ0) is 93.9. The molecule has 41 heteroatoms. The van der Waals surface area contributed by atoms with Crippen LogP contribution in [0.25, 0.3) is 21.0 Å². The van der Waals surface area contributed by atoms with Crippen LogP contribution in [-0.4, -0.2) is 295 Å². The molecule has 0 radical (unpaired) electrons. The first-order valence-corrected chi connectivity index (χ1v) is 45.0. The van der Waals surface area contributed by atoms with Crippen molar-refractivity contribution in [2.24, 2.45) is 29.0 Å². The molecule has 14 atom stereocenters. The van der Waals surface area contributed by atoms with Gasteiger partial charge in [0.25, 0.3) is 0 Å². The molecular formula is C87H120N18O21S2.